The van der Waals surface area contributed by atoms with Gasteiger partial charge in [0.15, 0.2) is 6.61 Å². The van der Waals surface area contributed by atoms with E-state index in [9.17, 15) is 14.4 Å². The number of likely N-dealkylation sites (tertiary alicyclic amines) is 1. The molecule has 0 unspecified atom stereocenters. The van der Waals surface area contributed by atoms with Gasteiger partial charge in [0.05, 0.1) is 6.54 Å². The molecule has 7 heteroatoms. The quantitative estimate of drug-likeness (QED) is 0.637. The minimum Gasteiger partial charge on any atom is -0.484 e. The van der Waals surface area contributed by atoms with Crippen molar-refractivity contribution >= 4 is 17.7 Å². The molecule has 1 aliphatic heterocycles. The standard InChI is InChI=1S/C17H23N3O4/c21-15(18-9-5-11-20-10-4-8-17(20)23)12-19-16(22)13-24-14-6-2-1-3-7-14/h1-3,6-7H,4-5,8-13H2,(H,18,21)(H,19,22). The van der Waals surface area contributed by atoms with Gasteiger partial charge in [-0.3, -0.25) is 14.4 Å². The van der Waals surface area contributed by atoms with Crippen LogP contribution in [0.1, 0.15) is 19.3 Å². The number of amides is 3. The average Bonchev–Trinajstić information content (AvgIpc) is 3.01. The van der Waals surface area contributed by atoms with Crippen molar-refractivity contribution in [1.29, 1.82) is 0 Å². The van der Waals surface area contributed by atoms with Gasteiger partial charge in [-0.15, -0.1) is 0 Å². The fourth-order valence-corrected chi connectivity index (χ4v) is 2.40. The molecule has 0 saturated carbocycles. The Hall–Kier alpha value is -2.57. The number of nitrogens with one attached hydrogen (secondary N) is 2. The van der Waals surface area contributed by atoms with Crippen LogP contribution in [0, 0.1) is 0 Å². The van der Waals surface area contributed by atoms with E-state index in [1.54, 1.807) is 12.1 Å². The van der Waals surface area contributed by atoms with Crippen LogP contribution >= 0.6 is 0 Å². The number of nitrogens with zero attached hydrogens (tertiary/aromatic N) is 1. The molecule has 24 heavy (non-hydrogen) atoms. The summed E-state index contributed by atoms with van der Waals surface area (Å²) in [4.78, 5) is 36.5. The van der Waals surface area contributed by atoms with Gasteiger partial charge in [-0.05, 0) is 25.0 Å². The van der Waals surface area contributed by atoms with E-state index in [2.05, 4.69) is 10.6 Å². The zero-order chi connectivity index (χ0) is 17.2. The first-order valence-corrected chi connectivity index (χ1v) is 8.14. The number of hydrogen-bond donors (Lipinski definition) is 2. The van der Waals surface area contributed by atoms with Gasteiger partial charge in [-0.25, -0.2) is 0 Å². The molecular weight excluding hydrogens is 310 g/mol. The second-order valence-corrected chi connectivity index (χ2v) is 5.57. The molecule has 1 fully saturated rings. The highest BCUT2D eigenvalue weighted by atomic mass is 16.5. The number of hydrogen-bond acceptors (Lipinski definition) is 4. The number of carbonyl (C=O) groups excluding carboxylic acids is 3. The van der Waals surface area contributed by atoms with E-state index in [-0.39, 0.29) is 30.9 Å². The van der Waals surface area contributed by atoms with Crippen LogP contribution in [-0.4, -0.2) is 55.4 Å². The SMILES string of the molecule is O=C(CNC(=O)COc1ccccc1)NCCCN1CCCC1=O. The molecular formula is C17H23N3O4. The predicted octanol–water partition coefficient (Wildman–Crippen LogP) is 0.310. The molecule has 0 aromatic heterocycles. The van der Waals surface area contributed by atoms with Crippen LogP contribution < -0.4 is 15.4 Å². The van der Waals surface area contributed by atoms with E-state index in [4.69, 9.17) is 4.74 Å². The number of ether oxygens (including phenoxy) is 1. The normalized spacial score (nSPS) is 13.7. The van der Waals surface area contributed by atoms with Crippen molar-refractivity contribution in [1.82, 2.24) is 15.5 Å². The summed E-state index contributed by atoms with van der Waals surface area (Å²) in [6.45, 7) is 1.74. The molecule has 3 amide bonds. The maximum atomic E-state index is 11.6. The summed E-state index contributed by atoms with van der Waals surface area (Å²) >= 11 is 0. The number of rotatable bonds is 9. The second-order valence-electron chi connectivity index (χ2n) is 5.57. The summed E-state index contributed by atoms with van der Waals surface area (Å²) in [5.74, 6) is 0.188. The minimum absolute atomic E-state index is 0.0837. The first kappa shape index (κ1) is 17.8. The number of benzene rings is 1. The highest BCUT2D eigenvalue weighted by Crippen LogP contribution is 2.09. The summed E-state index contributed by atoms with van der Waals surface area (Å²) in [6, 6.07) is 9.00. The van der Waals surface area contributed by atoms with Crippen molar-refractivity contribution in [2.45, 2.75) is 19.3 Å². The Morgan fingerprint density at radius 1 is 1.12 bits per heavy atom. The molecule has 0 spiro atoms. The molecule has 1 saturated heterocycles. The second kappa shape index (κ2) is 9.54. The Morgan fingerprint density at radius 3 is 2.62 bits per heavy atom. The molecule has 0 aliphatic carbocycles. The van der Waals surface area contributed by atoms with Gasteiger partial charge in [0.1, 0.15) is 5.75 Å². The highest BCUT2D eigenvalue weighted by Gasteiger charge is 2.19. The molecule has 130 valence electrons. The van der Waals surface area contributed by atoms with Crippen LogP contribution in [0.5, 0.6) is 5.75 Å². The van der Waals surface area contributed by atoms with Gasteiger partial charge in [0, 0.05) is 26.1 Å². The summed E-state index contributed by atoms with van der Waals surface area (Å²) in [6.07, 6.45) is 2.26. The lowest BCUT2D eigenvalue weighted by Gasteiger charge is -2.15. The summed E-state index contributed by atoms with van der Waals surface area (Å²) in [5.41, 5.74) is 0. The van der Waals surface area contributed by atoms with E-state index in [0.29, 0.717) is 31.7 Å². The summed E-state index contributed by atoms with van der Waals surface area (Å²) < 4.78 is 5.28. The van der Waals surface area contributed by atoms with Gasteiger partial charge in [-0.2, -0.15) is 0 Å². The monoisotopic (exact) mass is 333 g/mol. The van der Waals surface area contributed by atoms with Crippen LogP contribution in [0.2, 0.25) is 0 Å². The van der Waals surface area contributed by atoms with Crippen LogP contribution in [0.25, 0.3) is 0 Å². The molecule has 2 rings (SSSR count). The Bertz CT molecular complexity index is 562. The Labute approximate surface area is 141 Å². The van der Waals surface area contributed by atoms with Crippen LogP contribution in [-0.2, 0) is 14.4 Å². The zero-order valence-corrected chi connectivity index (χ0v) is 13.6. The summed E-state index contributed by atoms with van der Waals surface area (Å²) in [7, 11) is 0. The third kappa shape index (κ3) is 6.28. The van der Waals surface area contributed by atoms with E-state index in [1.165, 1.54) is 0 Å². The lowest BCUT2D eigenvalue weighted by atomic mass is 10.3. The predicted molar refractivity (Wildman–Crippen MR) is 88.4 cm³/mol. The van der Waals surface area contributed by atoms with Crippen LogP contribution in [0.3, 0.4) is 0 Å². The number of para-hydroxylation sites is 1. The molecule has 0 bridgehead atoms. The van der Waals surface area contributed by atoms with Crippen molar-refractivity contribution in [3.05, 3.63) is 30.3 Å². The van der Waals surface area contributed by atoms with Crippen molar-refractivity contribution in [2.24, 2.45) is 0 Å². The van der Waals surface area contributed by atoms with E-state index in [1.807, 2.05) is 23.1 Å². The lowest BCUT2D eigenvalue weighted by molar-refractivity contribution is -0.128. The van der Waals surface area contributed by atoms with Gasteiger partial charge in [0.25, 0.3) is 5.91 Å². The topological polar surface area (TPSA) is 87.7 Å². The molecule has 1 aliphatic rings. The molecule has 2 N–H and O–H groups in total. The van der Waals surface area contributed by atoms with Crippen molar-refractivity contribution in [3.63, 3.8) is 0 Å². The van der Waals surface area contributed by atoms with E-state index >= 15 is 0 Å². The smallest absolute Gasteiger partial charge is 0.258 e. The Balaban J connectivity index is 1.51. The van der Waals surface area contributed by atoms with Crippen LogP contribution in [0.15, 0.2) is 30.3 Å². The molecule has 1 heterocycles. The summed E-state index contributed by atoms with van der Waals surface area (Å²) in [5, 5.41) is 5.22. The zero-order valence-electron chi connectivity index (χ0n) is 13.6. The third-order valence-corrected chi connectivity index (χ3v) is 3.66. The van der Waals surface area contributed by atoms with Crippen molar-refractivity contribution in [3.8, 4) is 5.75 Å². The van der Waals surface area contributed by atoms with E-state index in [0.717, 1.165) is 13.0 Å². The third-order valence-electron chi connectivity index (χ3n) is 3.66. The van der Waals surface area contributed by atoms with Gasteiger partial charge in [-0.1, -0.05) is 18.2 Å². The fourth-order valence-electron chi connectivity index (χ4n) is 2.40. The molecule has 1 aromatic carbocycles. The molecule has 0 radical (unpaired) electrons. The Kier molecular flexibility index (Phi) is 7.07. The average molecular weight is 333 g/mol. The van der Waals surface area contributed by atoms with Crippen molar-refractivity contribution in [2.75, 3.05) is 32.8 Å². The van der Waals surface area contributed by atoms with Crippen LogP contribution in [0.4, 0.5) is 0 Å². The van der Waals surface area contributed by atoms with E-state index < -0.39 is 0 Å². The first-order valence-electron chi connectivity index (χ1n) is 8.14. The largest absolute Gasteiger partial charge is 0.484 e. The highest BCUT2D eigenvalue weighted by molar-refractivity contribution is 5.85. The molecule has 0 atom stereocenters. The Morgan fingerprint density at radius 2 is 1.92 bits per heavy atom. The van der Waals surface area contributed by atoms with Crippen molar-refractivity contribution < 1.29 is 19.1 Å². The maximum Gasteiger partial charge on any atom is 0.258 e. The molecule has 7 nitrogen and oxygen atoms in total. The lowest BCUT2D eigenvalue weighted by Crippen LogP contribution is -2.39. The maximum absolute atomic E-state index is 11.6. The van der Waals surface area contributed by atoms with Gasteiger partial charge >= 0.3 is 0 Å². The minimum atomic E-state index is -0.350. The van der Waals surface area contributed by atoms with Gasteiger partial charge in [0.2, 0.25) is 11.8 Å². The number of carbonyl (C=O) groups is 3. The first-order chi connectivity index (χ1) is 11.6. The van der Waals surface area contributed by atoms with Gasteiger partial charge < -0.3 is 20.3 Å². The fraction of sp³-hybridized carbons (Fsp3) is 0.471. The molecule has 1 aromatic rings.